The van der Waals surface area contributed by atoms with Crippen LogP contribution in [0.3, 0.4) is 0 Å². The molecule has 0 bridgehead atoms. The molecule has 1 fully saturated rings. The number of hydrogen-bond acceptors (Lipinski definition) is 5. The Morgan fingerprint density at radius 1 is 1.61 bits per heavy atom. The van der Waals surface area contributed by atoms with Crippen molar-refractivity contribution in [2.24, 2.45) is 0 Å². The first kappa shape index (κ1) is 12.7. The Labute approximate surface area is 110 Å². The summed E-state index contributed by atoms with van der Waals surface area (Å²) in [7, 11) is 0. The number of carbonyl (C=O) groups is 1. The summed E-state index contributed by atoms with van der Waals surface area (Å²) < 4.78 is 0.379. The summed E-state index contributed by atoms with van der Waals surface area (Å²) in [6, 6.07) is 1.30. The molecular weight excluding hydrogens is 306 g/mol. The molecule has 0 atom stereocenters. The summed E-state index contributed by atoms with van der Waals surface area (Å²) in [5.41, 5.74) is -1.14. The topological polar surface area (TPSA) is 105 Å². The van der Waals surface area contributed by atoms with Crippen LogP contribution in [0.1, 0.15) is 19.3 Å². The average molecular weight is 316 g/mol. The van der Waals surface area contributed by atoms with Gasteiger partial charge in [0.1, 0.15) is 17.6 Å². The van der Waals surface area contributed by atoms with Crippen LogP contribution in [-0.4, -0.2) is 26.5 Å². The highest BCUT2D eigenvalue weighted by Gasteiger charge is 2.45. The van der Waals surface area contributed by atoms with E-state index < -0.39 is 16.4 Å². The summed E-state index contributed by atoms with van der Waals surface area (Å²) >= 11 is 3.15. The maximum absolute atomic E-state index is 11.2. The maximum Gasteiger partial charge on any atom is 0.329 e. The lowest BCUT2D eigenvalue weighted by Crippen LogP contribution is -2.52. The lowest BCUT2D eigenvalue weighted by atomic mass is 9.77. The smallest absolute Gasteiger partial charge is 0.329 e. The highest BCUT2D eigenvalue weighted by atomic mass is 79.9. The molecule has 0 spiro atoms. The van der Waals surface area contributed by atoms with Crippen molar-refractivity contribution in [2.75, 3.05) is 5.32 Å². The fourth-order valence-electron chi connectivity index (χ4n) is 1.77. The van der Waals surface area contributed by atoms with Crippen LogP contribution in [0.25, 0.3) is 0 Å². The monoisotopic (exact) mass is 315 g/mol. The zero-order chi connectivity index (χ0) is 13.3. The molecule has 18 heavy (non-hydrogen) atoms. The van der Waals surface area contributed by atoms with Gasteiger partial charge in [-0.2, -0.15) is 0 Å². The lowest BCUT2D eigenvalue weighted by molar-refractivity contribution is -0.385. The first-order chi connectivity index (χ1) is 8.44. The summed E-state index contributed by atoms with van der Waals surface area (Å²) in [5.74, 6) is -0.622. The van der Waals surface area contributed by atoms with E-state index in [2.05, 4.69) is 26.2 Å². The first-order valence-corrected chi connectivity index (χ1v) is 6.05. The second-order valence-corrected chi connectivity index (χ2v) is 5.00. The molecule has 1 aliphatic rings. The number of halogens is 1. The molecule has 0 aromatic carbocycles. The fourth-order valence-corrected chi connectivity index (χ4v) is 2.20. The van der Waals surface area contributed by atoms with Gasteiger partial charge in [-0.15, -0.1) is 0 Å². The van der Waals surface area contributed by atoms with Gasteiger partial charge in [-0.3, -0.25) is 10.1 Å². The first-order valence-electron chi connectivity index (χ1n) is 5.26. The van der Waals surface area contributed by atoms with Crippen LogP contribution < -0.4 is 5.32 Å². The second-order valence-electron chi connectivity index (χ2n) is 4.15. The van der Waals surface area contributed by atoms with Crippen LogP contribution in [0.5, 0.6) is 0 Å². The van der Waals surface area contributed by atoms with E-state index in [-0.39, 0.29) is 5.69 Å². The van der Waals surface area contributed by atoms with E-state index in [9.17, 15) is 14.9 Å². The van der Waals surface area contributed by atoms with Crippen LogP contribution in [-0.2, 0) is 4.79 Å². The molecule has 96 valence electrons. The van der Waals surface area contributed by atoms with Crippen LogP contribution in [0.4, 0.5) is 11.5 Å². The molecule has 8 heteroatoms. The van der Waals surface area contributed by atoms with Crippen molar-refractivity contribution in [3.05, 3.63) is 26.9 Å². The minimum atomic E-state index is -0.994. The molecule has 1 saturated carbocycles. The lowest BCUT2D eigenvalue weighted by Gasteiger charge is -2.38. The summed E-state index contributed by atoms with van der Waals surface area (Å²) in [4.78, 5) is 25.1. The van der Waals surface area contributed by atoms with Gasteiger partial charge < -0.3 is 10.4 Å². The van der Waals surface area contributed by atoms with Gasteiger partial charge in [0.25, 0.3) is 5.69 Å². The predicted molar refractivity (Wildman–Crippen MR) is 66.4 cm³/mol. The molecular formula is C10H10BrN3O4. The number of carboxylic acid groups (broad SMARTS) is 1. The van der Waals surface area contributed by atoms with Crippen molar-refractivity contribution in [1.29, 1.82) is 0 Å². The molecule has 1 aromatic rings. The third-order valence-electron chi connectivity index (χ3n) is 3.01. The predicted octanol–water partition coefficient (Wildman–Crippen LogP) is 2.17. The third kappa shape index (κ3) is 2.15. The van der Waals surface area contributed by atoms with E-state index in [4.69, 9.17) is 5.11 Å². The van der Waals surface area contributed by atoms with Crippen molar-refractivity contribution in [1.82, 2.24) is 4.98 Å². The zero-order valence-electron chi connectivity index (χ0n) is 9.22. The minimum Gasteiger partial charge on any atom is -0.480 e. The average Bonchev–Trinajstić information content (AvgIpc) is 2.24. The normalized spacial score (nSPS) is 16.7. The SMILES string of the molecule is O=C(O)C1(Nc2ncc([N+](=O)[O-])cc2Br)CCC1. The van der Waals surface area contributed by atoms with Crippen molar-refractivity contribution in [3.63, 3.8) is 0 Å². The van der Waals surface area contributed by atoms with Gasteiger partial charge in [-0.1, -0.05) is 0 Å². The number of rotatable bonds is 4. The molecule has 0 aliphatic heterocycles. The number of anilines is 1. The van der Waals surface area contributed by atoms with Crippen LogP contribution >= 0.6 is 15.9 Å². The summed E-state index contributed by atoms with van der Waals surface area (Å²) in [5, 5.41) is 22.6. The molecule has 7 nitrogen and oxygen atoms in total. The Hall–Kier alpha value is -1.70. The fraction of sp³-hybridized carbons (Fsp3) is 0.400. The molecule has 2 N–H and O–H groups in total. The van der Waals surface area contributed by atoms with Gasteiger partial charge in [-0.25, -0.2) is 9.78 Å². The number of carboxylic acids is 1. The number of nitrogens with one attached hydrogen (secondary N) is 1. The zero-order valence-corrected chi connectivity index (χ0v) is 10.8. The summed E-state index contributed by atoms with van der Waals surface area (Å²) in [6.07, 6.45) is 2.98. The van der Waals surface area contributed by atoms with E-state index in [0.29, 0.717) is 23.1 Å². The second kappa shape index (κ2) is 4.52. The third-order valence-corrected chi connectivity index (χ3v) is 3.62. The number of pyridine rings is 1. The van der Waals surface area contributed by atoms with Gasteiger partial charge in [0.05, 0.1) is 9.40 Å². The van der Waals surface area contributed by atoms with E-state index in [1.807, 2.05) is 0 Å². The van der Waals surface area contributed by atoms with Crippen molar-refractivity contribution >= 4 is 33.4 Å². The van der Waals surface area contributed by atoms with Gasteiger partial charge in [0.2, 0.25) is 0 Å². The molecule has 0 radical (unpaired) electrons. The molecule has 0 saturated heterocycles. The van der Waals surface area contributed by atoms with Gasteiger partial charge in [0, 0.05) is 6.07 Å². The molecule has 0 amide bonds. The molecule has 0 unspecified atom stereocenters. The van der Waals surface area contributed by atoms with E-state index in [1.54, 1.807) is 0 Å². The quantitative estimate of drug-likeness (QED) is 0.651. The van der Waals surface area contributed by atoms with Gasteiger partial charge in [-0.05, 0) is 35.2 Å². The molecule has 1 heterocycles. The van der Waals surface area contributed by atoms with E-state index in [0.717, 1.165) is 12.6 Å². The van der Waals surface area contributed by atoms with E-state index in [1.165, 1.54) is 6.07 Å². The highest BCUT2D eigenvalue weighted by Crippen LogP contribution is 2.37. The molecule has 2 rings (SSSR count). The van der Waals surface area contributed by atoms with Crippen molar-refractivity contribution < 1.29 is 14.8 Å². The number of aliphatic carboxylic acids is 1. The molecule has 1 aliphatic carbocycles. The number of nitro groups is 1. The number of aromatic nitrogens is 1. The minimum absolute atomic E-state index is 0.148. The van der Waals surface area contributed by atoms with Crippen LogP contribution in [0, 0.1) is 10.1 Å². The van der Waals surface area contributed by atoms with Crippen molar-refractivity contribution in [3.8, 4) is 0 Å². The largest absolute Gasteiger partial charge is 0.480 e. The van der Waals surface area contributed by atoms with Crippen LogP contribution in [0.2, 0.25) is 0 Å². The summed E-state index contributed by atoms with van der Waals surface area (Å²) in [6.45, 7) is 0. The van der Waals surface area contributed by atoms with Crippen molar-refractivity contribution in [2.45, 2.75) is 24.8 Å². The Morgan fingerprint density at radius 2 is 2.28 bits per heavy atom. The highest BCUT2D eigenvalue weighted by molar-refractivity contribution is 9.10. The van der Waals surface area contributed by atoms with E-state index >= 15 is 0 Å². The standard InChI is InChI=1S/C10H10BrN3O4/c11-7-4-6(14(17)18)5-12-8(7)13-10(9(15)16)2-1-3-10/h4-5H,1-3H2,(H,12,13)(H,15,16). The Balaban J connectivity index is 2.24. The Morgan fingerprint density at radius 3 is 2.67 bits per heavy atom. The van der Waals surface area contributed by atoms with Crippen LogP contribution in [0.15, 0.2) is 16.7 Å². The number of nitrogens with zero attached hydrogens (tertiary/aromatic N) is 2. The number of hydrogen-bond donors (Lipinski definition) is 2. The Bertz CT molecular complexity index is 516. The van der Waals surface area contributed by atoms with Gasteiger partial charge >= 0.3 is 5.97 Å². The maximum atomic E-state index is 11.2. The van der Waals surface area contributed by atoms with Gasteiger partial charge in [0.15, 0.2) is 0 Å². The molecule has 1 aromatic heterocycles. The Kier molecular flexibility index (Phi) is 3.20.